The van der Waals surface area contributed by atoms with Crippen LogP contribution in [0.5, 0.6) is 0 Å². The highest BCUT2D eigenvalue weighted by atomic mass is 16.5. The predicted molar refractivity (Wildman–Crippen MR) is 91.9 cm³/mol. The van der Waals surface area contributed by atoms with E-state index < -0.39 is 0 Å². The van der Waals surface area contributed by atoms with Crippen LogP contribution in [-0.2, 0) is 9.53 Å². The molecule has 4 saturated carbocycles. The minimum atomic E-state index is 0.0611. The molecule has 4 aliphatic carbocycles. The van der Waals surface area contributed by atoms with Crippen LogP contribution in [0.3, 0.4) is 0 Å². The van der Waals surface area contributed by atoms with Crippen molar-refractivity contribution in [2.45, 2.75) is 78.1 Å². The van der Waals surface area contributed by atoms with Gasteiger partial charge in [0.05, 0.1) is 13.0 Å². The molecular weight excluding hydrogens is 284 g/mol. The highest BCUT2D eigenvalue weighted by Crippen LogP contribution is 2.67. The number of ether oxygens (including phenoxy) is 1. The molecule has 0 aromatic carbocycles. The van der Waals surface area contributed by atoms with Crippen molar-refractivity contribution in [1.82, 2.24) is 0 Å². The zero-order valence-corrected chi connectivity index (χ0v) is 15.3. The molecule has 7 atom stereocenters. The second-order valence-electron chi connectivity index (χ2n) is 9.60. The summed E-state index contributed by atoms with van der Waals surface area (Å²) in [6.45, 7) is 5.04. The molecule has 130 valence electrons. The van der Waals surface area contributed by atoms with Crippen LogP contribution in [0.4, 0.5) is 0 Å². The van der Waals surface area contributed by atoms with Crippen LogP contribution in [-0.4, -0.2) is 13.1 Å². The van der Waals surface area contributed by atoms with Crippen LogP contribution in [0, 0.1) is 40.4 Å². The van der Waals surface area contributed by atoms with Crippen LogP contribution in [0.2, 0.25) is 0 Å². The minimum absolute atomic E-state index is 0.0611. The molecule has 0 amide bonds. The van der Waals surface area contributed by atoms with E-state index in [4.69, 9.17) is 4.74 Å². The summed E-state index contributed by atoms with van der Waals surface area (Å²) in [5.41, 5.74) is 0.817. The fourth-order valence-electron chi connectivity index (χ4n) is 7.82. The lowest BCUT2D eigenvalue weighted by Crippen LogP contribution is -2.53. The van der Waals surface area contributed by atoms with E-state index in [1.54, 1.807) is 7.11 Å². The molecule has 0 radical (unpaired) electrons. The Kier molecular flexibility index (Phi) is 3.81. The van der Waals surface area contributed by atoms with E-state index in [0.717, 1.165) is 30.1 Å². The van der Waals surface area contributed by atoms with Gasteiger partial charge >= 0.3 is 5.97 Å². The van der Waals surface area contributed by atoms with E-state index in [2.05, 4.69) is 13.8 Å². The van der Waals surface area contributed by atoms with Crippen LogP contribution >= 0.6 is 0 Å². The van der Waals surface area contributed by atoms with Crippen molar-refractivity contribution >= 4 is 5.97 Å². The second-order valence-corrected chi connectivity index (χ2v) is 9.60. The van der Waals surface area contributed by atoms with Gasteiger partial charge in [-0.3, -0.25) is 4.79 Å². The van der Waals surface area contributed by atoms with Gasteiger partial charge in [-0.05, 0) is 85.9 Å². The van der Waals surface area contributed by atoms with Crippen molar-refractivity contribution in [3.8, 4) is 0 Å². The third-order valence-corrected chi connectivity index (χ3v) is 9.07. The van der Waals surface area contributed by atoms with Crippen molar-refractivity contribution in [1.29, 1.82) is 0 Å². The molecule has 0 aliphatic heterocycles. The molecule has 0 aromatic heterocycles. The van der Waals surface area contributed by atoms with Crippen molar-refractivity contribution in [2.24, 2.45) is 40.4 Å². The number of esters is 1. The third kappa shape index (κ3) is 2.15. The fraction of sp³-hybridized carbons (Fsp3) is 0.952. The number of hydrogen-bond donors (Lipinski definition) is 0. The lowest BCUT2D eigenvalue weighted by atomic mass is 9.45. The molecule has 0 aromatic rings. The van der Waals surface area contributed by atoms with E-state index in [1.165, 1.54) is 57.8 Å². The van der Waals surface area contributed by atoms with Gasteiger partial charge in [0.25, 0.3) is 0 Å². The Balaban J connectivity index is 1.61. The molecule has 23 heavy (non-hydrogen) atoms. The van der Waals surface area contributed by atoms with Crippen molar-refractivity contribution in [3.05, 3.63) is 0 Å². The third-order valence-electron chi connectivity index (χ3n) is 9.07. The summed E-state index contributed by atoms with van der Waals surface area (Å²) in [7, 11) is 1.57. The zero-order chi connectivity index (χ0) is 16.2. The van der Waals surface area contributed by atoms with Gasteiger partial charge in [0, 0.05) is 0 Å². The second kappa shape index (κ2) is 5.49. The summed E-state index contributed by atoms with van der Waals surface area (Å²) in [6, 6.07) is 0. The summed E-state index contributed by atoms with van der Waals surface area (Å²) in [5, 5.41) is 0. The van der Waals surface area contributed by atoms with E-state index in [-0.39, 0.29) is 17.3 Å². The molecule has 0 unspecified atom stereocenters. The van der Waals surface area contributed by atoms with Crippen LogP contribution in [0.15, 0.2) is 0 Å². The summed E-state index contributed by atoms with van der Waals surface area (Å²) in [4.78, 5) is 12.3. The van der Waals surface area contributed by atoms with Crippen LogP contribution in [0.1, 0.15) is 78.1 Å². The number of carbonyl (C=O) groups excluding carboxylic acids is 1. The Morgan fingerprint density at radius 1 is 0.870 bits per heavy atom. The van der Waals surface area contributed by atoms with E-state index in [0.29, 0.717) is 5.41 Å². The first-order valence-corrected chi connectivity index (χ1v) is 10.1. The smallest absolute Gasteiger partial charge is 0.309 e. The molecule has 0 spiro atoms. The first-order valence-electron chi connectivity index (χ1n) is 10.1. The quantitative estimate of drug-likeness (QED) is 0.620. The first kappa shape index (κ1) is 16.0. The monoisotopic (exact) mass is 318 g/mol. The highest BCUT2D eigenvalue weighted by Gasteiger charge is 2.61. The fourth-order valence-corrected chi connectivity index (χ4v) is 7.82. The molecule has 2 heteroatoms. The summed E-state index contributed by atoms with van der Waals surface area (Å²) in [5.74, 6) is 3.78. The van der Waals surface area contributed by atoms with Gasteiger partial charge in [-0.2, -0.15) is 0 Å². The minimum Gasteiger partial charge on any atom is -0.469 e. The lowest BCUT2D eigenvalue weighted by molar-refractivity contribution is -0.155. The average Bonchev–Trinajstić information content (AvgIpc) is 2.91. The van der Waals surface area contributed by atoms with E-state index >= 15 is 0 Å². The molecule has 4 rings (SSSR count). The lowest BCUT2D eigenvalue weighted by Gasteiger charge is -2.60. The highest BCUT2D eigenvalue weighted by molar-refractivity contribution is 5.73. The van der Waals surface area contributed by atoms with Crippen molar-refractivity contribution < 1.29 is 9.53 Å². The van der Waals surface area contributed by atoms with E-state index in [1.807, 2.05) is 0 Å². The topological polar surface area (TPSA) is 26.3 Å². The van der Waals surface area contributed by atoms with Gasteiger partial charge in [0.2, 0.25) is 0 Å². The van der Waals surface area contributed by atoms with Crippen molar-refractivity contribution in [2.75, 3.05) is 7.11 Å². The normalized spacial score (nSPS) is 52.2. The van der Waals surface area contributed by atoms with Gasteiger partial charge in [-0.1, -0.05) is 26.7 Å². The molecule has 2 nitrogen and oxygen atoms in total. The molecule has 0 heterocycles. The standard InChI is InChI=1S/C21H34O2/c1-20-12-5-4-6-14(20)7-8-15-16-9-10-18(19(22)23-3)21(16,2)13-11-17(15)20/h14-18H,4-13H2,1-3H3/t14-,15+,16+,17+,18-,20+,21+/m1/s1. The number of rotatable bonds is 1. The Hall–Kier alpha value is -0.530. The van der Waals surface area contributed by atoms with Gasteiger partial charge in [0.1, 0.15) is 0 Å². The number of carbonyl (C=O) groups is 1. The van der Waals surface area contributed by atoms with Gasteiger partial charge in [-0.25, -0.2) is 0 Å². The summed E-state index contributed by atoms with van der Waals surface area (Å²) >= 11 is 0. The summed E-state index contributed by atoms with van der Waals surface area (Å²) < 4.78 is 5.15. The molecule has 0 bridgehead atoms. The predicted octanol–water partition coefficient (Wildman–Crippen LogP) is 5.21. The molecule has 0 N–H and O–H groups in total. The molecule has 4 fully saturated rings. The molecular formula is C21H34O2. The number of hydrogen-bond acceptors (Lipinski definition) is 2. The Morgan fingerprint density at radius 3 is 2.43 bits per heavy atom. The van der Waals surface area contributed by atoms with Gasteiger partial charge in [-0.15, -0.1) is 0 Å². The van der Waals surface area contributed by atoms with E-state index in [9.17, 15) is 4.79 Å². The summed E-state index contributed by atoms with van der Waals surface area (Å²) in [6.07, 6.45) is 13.7. The van der Waals surface area contributed by atoms with Crippen LogP contribution < -0.4 is 0 Å². The van der Waals surface area contributed by atoms with Crippen LogP contribution in [0.25, 0.3) is 0 Å². The maximum absolute atomic E-state index is 12.3. The van der Waals surface area contributed by atoms with Crippen molar-refractivity contribution in [3.63, 3.8) is 0 Å². The Labute approximate surface area is 141 Å². The maximum atomic E-state index is 12.3. The van der Waals surface area contributed by atoms with Gasteiger partial charge < -0.3 is 4.74 Å². The van der Waals surface area contributed by atoms with Gasteiger partial charge in [0.15, 0.2) is 0 Å². The Morgan fingerprint density at radius 2 is 1.65 bits per heavy atom. The zero-order valence-electron chi connectivity index (χ0n) is 15.3. The molecule has 4 aliphatic rings. The SMILES string of the molecule is COC(=O)[C@H]1CC[C@H]2[C@@H]3CC[C@H]4CCCC[C@]4(C)[C@H]3CC[C@]12C. The number of fused-ring (bicyclic) bond motifs is 5. The molecule has 0 saturated heterocycles. The first-order chi connectivity index (χ1) is 11.0. The Bertz CT molecular complexity index is 486. The maximum Gasteiger partial charge on any atom is 0.309 e. The average molecular weight is 319 g/mol. The largest absolute Gasteiger partial charge is 0.469 e. The number of methoxy groups -OCH3 is 1.